The smallest absolute Gasteiger partial charge is 0.252 e. The third-order valence-corrected chi connectivity index (χ3v) is 4.41. The van der Waals surface area contributed by atoms with Crippen LogP contribution in [0.1, 0.15) is 44.0 Å². The maximum absolute atomic E-state index is 11.8. The van der Waals surface area contributed by atoms with Gasteiger partial charge in [0.05, 0.1) is 11.7 Å². The summed E-state index contributed by atoms with van der Waals surface area (Å²) in [6, 6.07) is 5.66. The number of benzene rings is 1. The number of carbonyl (C=O) groups is 1. The van der Waals surface area contributed by atoms with Crippen LogP contribution in [0.5, 0.6) is 11.6 Å². The maximum atomic E-state index is 11.8. The van der Waals surface area contributed by atoms with Crippen molar-refractivity contribution in [2.24, 2.45) is 5.73 Å². The van der Waals surface area contributed by atoms with E-state index in [0.717, 1.165) is 30.2 Å². The fourth-order valence-electron chi connectivity index (χ4n) is 3.13. The molecule has 1 amide bonds. The number of nitrogens with two attached hydrogens (primary N) is 1. The summed E-state index contributed by atoms with van der Waals surface area (Å²) in [7, 11) is 0. The summed E-state index contributed by atoms with van der Waals surface area (Å²) in [4.78, 5) is 16.2. The Morgan fingerprint density at radius 3 is 2.88 bits per heavy atom. The van der Waals surface area contributed by atoms with Gasteiger partial charge in [-0.25, -0.2) is 4.98 Å². The van der Waals surface area contributed by atoms with Gasteiger partial charge in [0, 0.05) is 17.6 Å². The van der Waals surface area contributed by atoms with Crippen LogP contribution in [0.15, 0.2) is 24.4 Å². The molecule has 1 aliphatic rings. The van der Waals surface area contributed by atoms with Crippen LogP contribution < -0.4 is 20.5 Å². The van der Waals surface area contributed by atoms with Crippen LogP contribution in [-0.2, 0) is 0 Å². The number of rotatable bonds is 5. The normalized spacial score (nSPS) is 20.6. The van der Waals surface area contributed by atoms with Gasteiger partial charge in [0.1, 0.15) is 11.9 Å². The molecule has 134 valence electrons. The molecule has 3 N–H and O–H groups in total. The van der Waals surface area contributed by atoms with E-state index in [4.69, 9.17) is 15.2 Å². The zero-order chi connectivity index (χ0) is 18.0. The van der Waals surface area contributed by atoms with Crippen LogP contribution in [0.4, 0.5) is 0 Å². The van der Waals surface area contributed by atoms with Crippen molar-refractivity contribution >= 4 is 16.7 Å². The fourth-order valence-corrected chi connectivity index (χ4v) is 3.13. The molecule has 6 heteroatoms. The number of pyridine rings is 1. The van der Waals surface area contributed by atoms with Gasteiger partial charge in [-0.3, -0.25) is 4.79 Å². The average Bonchev–Trinajstić information content (AvgIpc) is 2.56. The molecule has 0 saturated carbocycles. The molecule has 25 heavy (non-hydrogen) atoms. The molecule has 1 aromatic carbocycles. The molecule has 2 atom stereocenters. The molecule has 2 heterocycles. The number of nitrogens with one attached hydrogen (secondary N) is 1. The Hall–Kier alpha value is -2.34. The molecule has 1 unspecified atom stereocenters. The zero-order valence-corrected chi connectivity index (χ0v) is 14.9. The Bertz CT molecular complexity index is 776. The second kappa shape index (κ2) is 7.27. The summed E-state index contributed by atoms with van der Waals surface area (Å²) < 4.78 is 12.0. The Morgan fingerprint density at radius 2 is 2.20 bits per heavy atom. The van der Waals surface area contributed by atoms with Gasteiger partial charge in [-0.1, -0.05) is 0 Å². The van der Waals surface area contributed by atoms with E-state index in [9.17, 15) is 4.79 Å². The Kier molecular flexibility index (Phi) is 5.08. The lowest BCUT2D eigenvalue weighted by Gasteiger charge is -2.30. The highest BCUT2D eigenvalue weighted by atomic mass is 16.5. The summed E-state index contributed by atoms with van der Waals surface area (Å²) in [5.41, 5.74) is 5.88. The Morgan fingerprint density at radius 1 is 1.40 bits per heavy atom. The third-order valence-electron chi connectivity index (χ3n) is 4.41. The molecule has 1 saturated heterocycles. The molecule has 0 spiro atoms. The molecule has 3 rings (SSSR count). The molecule has 2 aromatic rings. The lowest BCUT2D eigenvalue weighted by atomic mass is 10.0. The number of ether oxygens (including phenoxy) is 2. The van der Waals surface area contributed by atoms with E-state index in [1.54, 1.807) is 18.3 Å². The van der Waals surface area contributed by atoms with Gasteiger partial charge in [0.2, 0.25) is 5.88 Å². The summed E-state index contributed by atoms with van der Waals surface area (Å²) in [6.07, 6.45) is 3.75. The molecular weight excluding hydrogens is 318 g/mol. The molecule has 1 fully saturated rings. The van der Waals surface area contributed by atoms with E-state index in [1.165, 1.54) is 0 Å². The lowest BCUT2D eigenvalue weighted by molar-refractivity contribution is 0.0994. The van der Waals surface area contributed by atoms with Gasteiger partial charge in [-0.2, -0.15) is 0 Å². The van der Waals surface area contributed by atoms with Gasteiger partial charge >= 0.3 is 0 Å². The standard InChI is InChI=1S/C19H25N3O3/c1-11(2)24-17-10-14-13(9-15(17)18(20)23)6-8-22-19(14)25-16-5-4-7-21-12(16)3/h6,8-12,16,21H,4-5,7H2,1-3H3,(H2,20,23)/t12-,16?/m0/s1. The number of aromatic nitrogens is 1. The first-order valence-corrected chi connectivity index (χ1v) is 8.75. The van der Waals surface area contributed by atoms with Gasteiger partial charge in [-0.15, -0.1) is 0 Å². The number of hydrogen-bond donors (Lipinski definition) is 2. The number of primary amides is 1. The van der Waals surface area contributed by atoms with Crippen LogP contribution >= 0.6 is 0 Å². The first-order chi connectivity index (χ1) is 12.0. The van der Waals surface area contributed by atoms with Gasteiger partial charge in [0.15, 0.2) is 0 Å². The van der Waals surface area contributed by atoms with Gasteiger partial charge < -0.3 is 20.5 Å². The highest BCUT2D eigenvalue weighted by Gasteiger charge is 2.24. The summed E-state index contributed by atoms with van der Waals surface area (Å²) in [6.45, 7) is 6.95. The van der Waals surface area contributed by atoms with Crippen LogP contribution in [-0.4, -0.2) is 35.7 Å². The van der Waals surface area contributed by atoms with Crippen molar-refractivity contribution in [1.29, 1.82) is 0 Å². The fraction of sp³-hybridized carbons (Fsp3) is 0.474. The first kappa shape index (κ1) is 17.5. The van der Waals surface area contributed by atoms with Crippen molar-refractivity contribution in [2.75, 3.05) is 6.54 Å². The zero-order valence-electron chi connectivity index (χ0n) is 14.9. The predicted octanol–water partition coefficient (Wildman–Crippen LogP) is 2.64. The lowest BCUT2D eigenvalue weighted by Crippen LogP contribution is -2.45. The van der Waals surface area contributed by atoms with Crippen molar-refractivity contribution in [3.05, 3.63) is 30.0 Å². The molecule has 0 radical (unpaired) electrons. The molecule has 6 nitrogen and oxygen atoms in total. The van der Waals surface area contributed by atoms with Crippen molar-refractivity contribution in [3.8, 4) is 11.6 Å². The number of fused-ring (bicyclic) bond motifs is 1. The van der Waals surface area contributed by atoms with E-state index in [2.05, 4.69) is 17.2 Å². The van der Waals surface area contributed by atoms with Crippen molar-refractivity contribution in [1.82, 2.24) is 10.3 Å². The third kappa shape index (κ3) is 3.85. The molecular formula is C19H25N3O3. The summed E-state index contributed by atoms with van der Waals surface area (Å²) in [5.74, 6) is 0.507. The quantitative estimate of drug-likeness (QED) is 0.871. The first-order valence-electron chi connectivity index (χ1n) is 8.75. The van der Waals surface area contributed by atoms with Crippen molar-refractivity contribution in [3.63, 3.8) is 0 Å². The monoisotopic (exact) mass is 343 g/mol. The topological polar surface area (TPSA) is 86.5 Å². The number of carbonyl (C=O) groups excluding carboxylic acids is 1. The number of hydrogen-bond acceptors (Lipinski definition) is 5. The van der Waals surface area contributed by atoms with E-state index >= 15 is 0 Å². The number of amides is 1. The minimum Gasteiger partial charge on any atom is -0.490 e. The van der Waals surface area contributed by atoms with Crippen molar-refractivity contribution < 1.29 is 14.3 Å². The molecule has 0 bridgehead atoms. The summed E-state index contributed by atoms with van der Waals surface area (Å²) >= 11 is 0. The Balaban J connectivity index is 2.02. The summed E-state index contributed by atoms with van der Waals surface area (Å²) in [5, 5.41) is 5.10. The van der Waals surface area contributed by atoms with Crippen molar-refractivity contribution in [2.45, 2.75) is 51.9 Å². The van der Waals surface area contributed by atoms with Gasteiger partial charge in [0.25, 0.3) is 5.91 Å². The van der Waals surface area contributed by atoms with Crippen LogP contribution in [0, 0.1) is 0 Å². The Labute approximate surface area is 147 Å². The average molecular weight is 343 g/mol. The number of piperidine rings is 1. The van der Waals surface area contributed by atoms with Crippen LogP contribution in [0.2, 0.25) is 0 Å². The predicted molar refractivity (Wildman–Crippen MR) is 97.1 cm³/mol. The molecule has 1 aromatic heterocycles. The largest absolute Gasteiger partial charge is 0.490 e. The van der Waals surface area contributed by atoms with Gasteiger partial charge in [-0.05, 0) is 63.7 Å². The minimum absolute atomic E-state index is 0.0668. The van der Waals surface area contributed by atoms with Crippen LogP contribution in [0.25, 0.3) is 10.8 Å². The number of nitrogens with zero attached hydrogens (tertiary/aromatic N) is 1. The van der Waals surface area contributed by atoms with E-state index < -0.39 is 5.91 Å². The van der Waals surface area contributed by atoms with E-state index in [0.29, 0.717) is 17.2 Å². The second-order valence-corrected chi connectivity index (χ2v) is 6.76. The molecule has 0 aliphatic carbocycles. The highest BCUT2D eigenvalue weighted by molar-refractivity contribution is 6.01. The molecule has 1 aliphatic heterocycles. The maximum Gasteiger partial charge on any atom is 0.252 e. The minimum atomic E-state index is -0.512. The second-order valence-electron chi connectivity index (χ2n) is 6.76. The van der Waals surface area contributed by atoms with E-state index in [1.807, 2.05) is 19.9 Å². The van der Waals surface area contributed by atoms with E-state index in [-0.39, 0.29) is 18.2 Å². The SMILES string of the molecule is CC(C)Oc1cc2c(OC3CCCN[C@H]3C)nccc2cc1C(N)=O. The highest BCUT2D eigenvalue weighted by Crippen LogP contribution is 2.32. The van der Waals surface area contributed by atoms with Crippen LogP contribution in [0.3, 0.4) is 0 Å².